The minimum atomic E-state index is -0.756. The van der Waals surface area contributed by atoms with Crippen molar-refractivity contribution >= 4 is 32.9 Å². The molecule has 5 rings (SSSR count). The van der Waals surface area contributed by atoms with Gasteiger partial charge in [0.25, 0.3) is 11.5 Å². The van der Waals surface area contributed by atoms with Gasteiger partial charge in [-0.25, -0.2) is 9.67 Å². The summed E-state index contributed by atoms with van der Waals surface area (Å²) in [6.45, 7) is 2.87. The number of hydrogen-bond acceptors (Lipinski definition) is 6. The van der Waals surface area contributed by atoms with Crippen LogP contribution in [0.5, 0.6) is 11.5 Å². The lowest BCUT2D eigenvalue weighted by atomic mass is 10.1. The number of aromatic nitrogens is 4. The van der Waals surface area contributed by atoms with Crippen molar-refractivity contribution in [2.75, 3.05) is 6.54 Å². The van der Waals surface area contributed by atoms with E-state index in [0.29, 0.717) is 42.2 Å². The third-order valence-corrected chi connectivity index (χ3v) is 6.14. The zero-order chi connectivity index (χ0) is 23.7. The van der Waals surface area contributed by atoms with E-state index in [1.54, 1.807) is 22.2 Å². The minimum absolute atomic E-state index is 0.163. The average Bonchev–Trinajstić information content (AvgIpc) is 3.25. The predicted molar refractivity (Wildman–Crippen MR) is 129 cm³/mol. The van der Waals surface area contributed by atoms with E-state index < -0.39 is 12.2 Å². The van der Waals surface area contributed by atoms with Crippen LogP contribution < -0.4 is 20.3 Å². The number of fused-ring (bicyclic) bond motifs is 2. The molecular formula is C24H22BrN5O4. The highest BCUT2D eigenvalue weighted by Gasteiger charge is 2.33. The maximum Gasteiger partial charge on any atom is 0.265 e. The van der Waals surface area contributed by atoms with Crippen molar-refractivity contribution in [3.05, 3.63) is 81.4 Å². The fourth-order valence-corrected chi connectivity index (χ4v) is 4.12. The van der Waals surface area contributed by atoms with Gasteiger partial charge in [-0.3, -0.25) is 14.2 Å². The third kappa shape index (κ3) is 4.41. The summed E-state index contributed by atoms with van der Waals surface area (Å²) < 4.78 is 15.8. The van der Waals surface area contributed by atoms with Gasteiger partial charge in [0.05, 0.1) is 19.3 Å². The molecule has 1 N–H and O–H groups in total. The maximum atomic E-state index is 12.9. The zero-order valence-electron chi connectivity index (χ0n) is 18.3. The molecule has 34 heavy (non-hydrogen) atoms. The van der Waals surface area contributed by atoms with Gasteiger partial charge in [-0.05, 0) is 36.8 Å². The number of rotatable bonds is 6. The molecule has 0 spiro atoms. The molecule has 2 unspecified atom stereocenters. The summed E-state index contributed by atoms with van der Waals surface area (Å²) in [5.41, 5.74) is 1.31. The molecule has 174 valence electrons. The molecule has 3 heterocycles. The second kappa shape index (κ2) is 9.30. The highest BCUT2D eigenvalue weighted by Crippen LogP contribution is 2.33. The van der Waals surface area contributed by atoms with E-state index in [1.807, 2.05) is 42.5 Å². The molecule has 2 aromatic heterocycles. The summed E-state index contributed by atoms with van der Waals surface area (Å²) in [6.07, 6.45) is 1.86. The first kappa shape index (κ1) is 22.1. The Hall–Kier alpha value is -3.66. The molecule has 2 atom stereocenters. The second-order valence-electron chi connectivity index (χ2n) is 8.01. The highest BCUT2D eigenvalue weighted by atomic mass is 79.9. The van der Waals surface area contributed by atoms with Crippen LogP contribution in [0.4, 0.5) is 0 Å². The van der Waals surface area contributed by atoms with E-state index >= 15 is 0 Å². The topological polar surface area (TPSA) is 100 Å². The van der Waals surface area contributed by atoms with Crippen LogP contribution >= 0.6 is 15.9 Å². The summed E-state index contributed by atoms with van der Waals surface area (Å²) in [5.74, 6) is 0.893. The predicted octanol–water partition coefficient (Wildman–Crippen LogP) is 2.75. The first-order valence-electron chi connectivity index (χ1n) is 10.8. The SMILES string of the molecule is CC1Oc2ccccc2OC1C(=O)NCCn1ncc2c(=O)n(Cc3ccc(Br)cc3)cnc21. The molecular weight excluding hydrogens is 502 g/mol. The van der Waals surface area contributed by atoms with Crippen LogP contribution in [0.1, 0.15) is 12.5 Å². The number of carbonyl (C=O) groups is 1. The Morgan fingerprint density at radius 2 is 1.85 bits per heavy atom. The minimum Gasteiger partial charge on any atom is -0.482 e. The van der Waals surface area contributed by atoms with Gasteiger partial charge in [0.15, 0.2) is 17.1 Å². The molecule has 1 aliphatic rings. The number of benzene rings is 2. The van der Waals surface area contributed by atoms with Gasteiger partial charge in [0.1, 0.15) is 17.8 Å². The lowest BCUT2D eigenvalue weighted by molar-refractivity contribution is -0.133. The van der Waals surface area contributed by atoms with Gasteiger partial charge < -0.3 is 14.8 Å². The fourth-order valence-electron chi connectivity index (χ4n) is 3.85. The monoisotopic (exact) mass is 523 g/mol. The second-order valence-corrected chi connectivity index (χ2v) is 8.92. The number of amides is 1. The third-order valence-electron chi connectivity index (χ3n) is 5.61. The number of carbonyl (C=O) groups excluding carboxylic acids is 1. The largest absolute Gasteiger partial charge is 0.482 e. The Morgan fingerprint density at radius 1 is 1.12 bits per heavy atom. The molecule has 4 aromatic rings. The molecule has 0 saturated heterocycles. The van der Waals surface area contributed by atoms with Gasteiger partial charge >= 0.3 is 0 Å². The lowest BCUT2D eigenvalue weighted by Gasteiger charge is -2.31. The number of nitrogens with zero attached hydrogens (tertiary/aromatic N) is 4. The van der Waals surface area contributed by atoms with Gasteiger partial charge in [-0.15, -0.1) is 0 Å². The fraction of sp³-hybridized carbons (Fsp3) is 0.250. The van der Waals surface area contributed by atoms with E-state index in [9.17, 15) is 9.59 Å². The first-order chi connectivity index (χ1) is 16.5. The summed E-state index contributed by atoms with van der Waals surface area (Å²) in [6, 6.07) is 15.0. The van der Waals surface area contributed by atoms with Crippen LogP contribution in [0.3, 0.4) is 0 Å². The summed E-state index contributed by atoms with van der Waals surface area (Å²) in [7, 11) is 0. The van der Waals surface area contributed by atoms with Crippen LogP contribution in [0, 0.1) is 0 Å². The molecule has 0 fully saturated rings. The summed E-state index contributed by atoms with van der Waals surface area (Å²) in [5, 5.41) is 7.59. The van der Waals surface area contributed by atoms with Crippen molar-refractivity contribution in [1.29, 1.82) is 0 Å². The molecule has 1 amide bonds. The molecule has 9 nitrogen and oxygen atoms in total. The van der Waals surface area contributed by atoms with Crippen molar-refractivity contribution in [1.82, 2.24) is 24.6 Å². The van der Waals surface area contributed by atoms with Crippen LogP contribution in [-0.4, -0.2) is 44.0 Å². The Balaban J connectivity index is 1.23. The Bertz CT molecular complexity index is 1400. The molecule has 0 bridgehead atoms. The smallest absolute Gasteiger partial charge is 0.265 e. The maximum absolute atomic E-state index is 12.9. The van der Waals surface area contributed by atoms with Crippen molar-refractivity contribution in [3.8, 4) is 11.5 Å². The average molecular weight is 524 g/mol. The van der Waals surface area contributed by atoms with Gasteiger partial charge in [-0.1, -0.05) is 40.2 Å². The van der Waals surface area contributed by atoms with Gasteiger partial charge in [0.2, 0.25) is 6.10 Å². The van der Waals surface area contributed by atoms with E-state index in [0.717, 1.165) is 10.0 Å². The number of halogens is 1. The zero-order valence-corrected chi connectivity index (χ0v) is 19.9. The number of para-hydroxylation sites is 2. The Labute approximate surface area is 203 Å². The number of nitrogens with one attached hydrogen (secondary N) is 1. The van der Waals surface area contributed by atoms with Gasteiger partial charge in [-0.2, -0.15) is 5.10 Å². The first-order valence-corrected chi connectivity index (χ1v) is 11.6. The van der Waals surface area contributed by atoms with E-state index in [2.05, 4.69) is 31.3 Å². The van der Waals surface area contributed by atoms with Gasteiger partial charge in [0, 0.05) is 11.0 Å². The molecule has 1 aliphatic heterocycles. The van der Waals surface area contributed by atoms with Crippen molar-refractivity contribution in [3.63, 3.8) is 0 Å². The lowest BCUT2D eigenvalue weighted by Crippen LogP contribution is -2.49. The van der Waals surface area contributed by atoms with E-state index in [1.165, 1.54) is 12.5 Å². The van der Waals surface area contributed by atoms with Crippen LogP contribution in [-0.2, 0) is 17.9 Å². The molecule has 0 saturated carbocycles. The normalized spacial score (nSPS) is 17.0. The molecule has 10 heteroatoms. The highest BCUT2D eigenvalue weighted by molar-refractivity contribution is 9.10. The van der Waals surface area contributed by atoms with Crippen molar-refractivity contribution in [2.45, 2.75) is 32.2 Å². The molecule has 0 radical (unpaired) electrons. The summed E-state index contributed by atoms with van der Waals surface area (Å²) in [4.78, 5) is 30.0. The van der Waals surface area contributed by atoms with Crippen LogP contribution in [0.2, 0.25) is 0 Å². The van der Waals surface area contributed by atoms with E-state index in [4.69, 9.17) is 9.47 Å². The molecule has 2 aromatic carbocycles. The Kier molecular flexibility index (Phi) is 6.06. The number of hydrogen-bond donors (Lipinski definition) is 1. The standard InChI is InChI=1S/C24H22BrN5O4/c1-15-21(34-20-5-3-2-4-19(20)33-15)23(31)26-10-11-30-22-18(12-28-30)24(32)29(14-27-22)13-16-6-8-17(25)9-7-16/h2-9,12,14-15,21H,10-11,13H2,1H3,(H,26,31). The summed E-state index contributed by atoms with van der Waals surface area (Å²) >= 11 is 3.41. The number of ether oxygens (including phenoxy) is 2. The van der Waals surface area contributed by atoms with Crippen LogP contribution in [0.15, 0.2) is 70.3 Å². The quantitative estimate of drug-likeness (QED) is 0.417. The van der Waals surface area contributed by atoms with Crippen LogP contribution in [0.25, 0.3) is 11.0 Å². The molecule has 0 aliphatic carbocycles. The Morgan fingerprint density at radius 3 is 2.62 bits per heavy atom. The van der Waals surface area contributed by atoms with Crippen molar-refractivity contribution in [2.24, 2.45) is 0 Å². The van der Waals surface area contributed by atoms with Crippen molar-refractivity contribution < 1.29 is 14.3 Å². The van der Waals surface area contributed by atoms with E-state index in [-0.39, 0.29) is 11.5 Å².